The van der Waals surface area contributed by atoms with Gasteiger partial charge in [-0.2, -0.15) is 4.98 Å². The van der Waals surface area contributed by atoms with Crippen LogP contribution in [0.3, 0.4) is 0 Å². The van der Waals surface area contributed by atoms with Crippen molar-refractivity contribution < 1.29 is 14.1 Å². The van der Waals surface area contributed by atoms with Crippen molar-refractivity contribution in [2.45, 2.75) is 52.1 Å². The molecule has 0 unspecified atom stereocenters. The lowest BCUT2D eigenvalue weighted by Gasteiger charge is -2.20. The molecule has 0 spiro atoms. The number of benzene rings is 1. The van der Waals surface area contributed by atoms with Crippen LogP contribution in [-0.2, 0) is 24.2 Å². The third kappa shape index (κ3) is 4.84. The Bertz CT molecular complexity index is 705. The van der Waals surface area contributed by atoms with Crippen molar-refractivity contribution in [1.82, 2.24) is 15.0 Å². The van der Waals surface area contributed by atoms with Crippen molar-refractivity contribution in [3.05, 3.63) is 41.5 Å². The van der Waals surface area contributed by atoms with E-state index in [1.54, 1.807) is 4.90 Å². The van der Waals surface area contributed by atoms with Crippen molar-refractivity contribution in [2.75, 3.05) is 13.6 Å². The fourth-order valence-electron chi connectivity index (χ4n) is 3.28. The minimum absolute atomic E-state index is 0.202. The molecule has 0 saturated heterocycles. The van der Waals surface area contributed by atoms with E-state index >= 15 is 0 Å². The predicted octanol–water partition coefficient (Wildman–Crippen LogP) is 3.40. The first-order valence-electron chi connectivity index (χ1n) is 9.44. The molecule has 3 rings (SSSR count). The molecule has 1 aliphatic carbocycles. The highest BCUT2D eigenvalue weighted by Crippen LogP contribution is 2.26. The van der Waals surface area contributed by atoms with E-state index in [0.29, 0.717) is 24.7 Å². The van der Waals surface area contributed by atoms with Crippen molar-refractivity contribution >= 4 is 5.91 Å². The normalized spacial score (nSPS) is 14.5. The number of amides is 1. The third-order valence-electron chi connectivity index (χ3n) is 4.96. The summed E-state index contributed by atoms with van der Waals surface area (Å²) in [6.07, 6.45) is 5.96. The quantitative estimate of drug-likeness (QED) is 0.724. The number of carbonyl (C=O) groups excluding carboxylic acids is 1. The number of rotatable bonds is 8. The first-order chi connectivity index (χ1) is 12.7. The molecule has 6 heteroatoms. The Morgan fingerprint density at radius 1 is 1.27 bits per heavy atom. The number of likely N-dealkylation sites (N-methyl/N-ethyl adjacent to an activating group) is 1. The fourth-order valence-corrected chi connectivity index (χ4v) is 3.28. The van der Waals surface area contributed by atoms with Crippen LogP contribution in [0, 0.1) is 5.92 Å². The summed E-state index contributed by atoms with van der Waals surface area (Å²) in [7, 11) is 1.85. The lowest BCUT2D eigenvalue weighted by molar-refractivity contribution is -0.133. The highest BCUT2D eigenvalue weighted by molar-refractivity contribution is 5.78. The van der Waals surface area contributed by atoms with E-state index in [2.05, 4.69) is 17.1 Å². The van der Waals surface area contributed by atoms with Gasteiger partial charge in [0.2, 0.25) is 5.91 Å². The second-order valence-electron chi connectivity index (χ2n) is 6.88. The molecule has 1 aromatic heterocycles. The van der Waals surface area contributed by atoms with Gasteiger partial charge in [-0.3, -0.25) is 4.79 Å². The Morgan fingerprint density at radius 3 is 2.69 bits per heavy atom. The molecule has 0 aliphatic heterocycles. The summed E-state index contributed by atoms with van der Waals surface area (Å²) in [4.78, 5) is 18.5. The number of aromatic nitrogens is 2. The first-order valence-corrected chi connectivity index (χ1v) is 9.44. The van der Waals surface area contributed by atoms with Gasteiger partial charge in [-0.15, -0.1) is 0 Å². The smallest absolute Gasteiger partial charge is 0.264 e. The molecule has 2 aromatic rings. The zero-order chi connectivity index (χ0) is 18.4. The molecule has 6 nitrogen and oxygen atoms in total. The molecule has 1 aliphatic rings. The zero-order valence-corrected chi connectivity index (χ0v) is 15.6. The van der Waals surface area contributed by atoms with E-state index in [-0.39, 0.29) is 18.4 Å². The summed E-state index contributed by atoms with van der Waals surface area (Å²) in [6, 6.07) is 7.98. The second-order valence-corrected chi connectivity index (χ2v) is 6.88. The number of hydrogen-bond donors (Lipinski definition) is 0. The summed E-state index contributed by atoms with van der Waals surface area (Å²) in [5.41, 5.74) is 1.27. The number of nitrogens with zero attached hydrogens (tertiary/aromatic N) is 3. The number of hydrogen-bond acceptors (Lipinski definition) is 5. The summed E-state index contributed by atoms with van der Waals surface area (Å²) >= 11 is 0. The van der Waals surface area contributed by atoms with E-state index < -0.39 is 0 Å². The lowest BCUT2D eigenvalue weighted by Crippen LogP contribution is -2.33. The minimum Gasteiger partial charge on any atom is -0.484 e. The number of ether oxygens (including phenoxy) is 1. The highest BCUT2D eigenvalue weighted by atomic mass is 16.5. The fraction of sp³-hybridized carbons (Fsp3) is 0.550. The summed E-state index contributed by atoms with van der Waals surface area (Å²) in [5.74, 6) is 2.28. The molecular weight excluding hydrogens is 330 g/mol. The number of aryl methyl sites for hydroxylation is 1. The summed E-state index contributed by atoms with van der Waals surface area (Å²) in [5, 5.41) is 3.98. The molecule has 1 saturated carbocycles. The molecule has 1 fully saturated rings. The van der Waals surface area contributed by atoms with Crippen LogP contribution in [0.4, 0.5) is 0 Å². The van der Waals surface area contributed by atoms with Gasteiger partial charge in [0, 0.05) is 25.9 Å². The molecule has 0 radical (unpaired) electrons. The second kappa shape index (κ2) is 8.83. The van der Waals surface area contributed by atoms with Crippen molar-refractivity contribution in [3.63, 3.8) is 0 Å². The van der Waals surface area contributed by atoms with E-state index in [1.807, 2.05) is 31.3 Å². The minimum atomic E-state index is 0.202. The van der Waals surface area contributed by atoms with E-state index in [9.17, 15) is 4.79 Å². The largest absolute Gasteiger partial charge is 0.484 e. The van der Waals surface area contributed by atoms with Crippen molar-refractivity contribution in [2.24, 2.45) is 5.92 Å². The van der Waals surface area contributed by atoms with Gasteiger partial charge in [0.15, 0.2) is 12.4 Å². The predicted molar refractivity (Wildman–Crippen MR) is 97.7 cm³/mol. The van der Waals surface area contributed by atoms with E-state index in [4.69, 9.17) is 9.26 Å². The number of carbonyl (C=O) groups is 1. The van der Waals surface area contributed by atoms with Crippen molar-refractivity contribution in [1.29, 1.82) is 0 Å². The molecule has 1 heterocycles. The molecular formula is C20H27N3O3. The van der Waals surface area contributed by atoms with Gasteiger partial charge in [-0.1, -0.05) is 37.1 Å². The lowest BCUT2D eigenvalue weighted by atomic mass is 10.1. The maximum Gasteiger partial charge on any atom is 0.264 e. The summed E-state index contributed by atoms with van der Waals surface area (Å²) < 4.78 is 10.9. The Balaban J connectivity index is 1.44. The Labute approximate surface area is 154 Å². The standard InChI is InChI=1S/C20H27N3O3/c1-3-15-8-10-17(11-9-15)25-14-19-21-18(22-26-19)12-13-23(2)20(24)16-6-4-5-7-16/h8-11,16H,3-7,12-14H2,1-2H3. The first kappa shape index (κ1) is 18.4. The Hall–Kier alpha value is -2.37. The van der Waals surface area contributed by atoms with Crippen LogP contribution < -0.4 is 4.74 Å². The average molecular weight is 357 g/mol. The van der Waals surface area contributed by atoms with Gasteiger partial charge in [0.1, 0.15) is 5.75 Å². The maximum absolute atomic E-state index is 12.3. The zero-order valence-electron chi connectivity index (χ0n) is 15.6. The van der Waals surface area contributed by atoms with Crippen LogP contribution in [0.1, 0.15) is 49.9 Å². The Morgan fingerprint density at radius 2 is 2.00 bits per heavy atom. The molecule has 1 amide bonds. The van der Waals surface area contributed by atoms with Gasteiger partial charge in [-0.25, -0.2) is 0 Å². The third-order valence-corrected chi connectivity index (χ3v) is 4.96. The van der Waals surface area contributed by atoms with Crippen LogP contribution in [0.2, 0.25) is 0 Å². The molecule has 1 aromatic carbocycles. The van der Waals surface area contributed by atoms with Crippen molar-refractivity contribution in [3.8, 4) is 5.75 Å². The van der Waals surface area contributed by atoms with Crippen LogP contribution in [0.25, 0.3) is 0 Å². The summed E-state index contributed by atoms with van der Waals surface area (Å²) in [6.45, 7) is 2.97. The van der Waals surface area contributed by atoms with E-state index in [0.717, 1.165) is 25.0 Å². The van der Waals surface area contributed by atoms with Gasteiger partial charge < -0.3 is 14.2 Å². The Kier molecular flexibility index (Phi) is 6.26. The topological polar surface area (TPSA) is 68.5 Å². The van der Waals surface area contributed by atoms with Gasteiger partial charge >= 0.3 is 0 Å². The molecule has 140 valence electrons. The van der Waals surface area contributed by atoms with Crippen LogP contribution in [-0.4, -0.2) is 34.5 Å². The van der Waals surface area contributed by atoms with E-state index in [1.165, 1.54) is 18.4 Å². The molecule has 26 heavy (non-hydrogen) atoms. The molecule has 0 atom stereocenters. The van der Waals surface area contributed by atoms with Gasteiger partial charge in [-0.05, 0) is 37.0 Å². The van der Waals surface area contributed by atoms with Crippen LogP contribution >= 0.6 is 0 Å². The SMILES string of the molecule is CCc1ccc(OCc2nc(CCN(C)C(=O)C3CCCC3)no2)cc1. The van der Waals surface area contributed by atoms with Gasteiger partial charge in [0.25, 0.3) is 5.89 Å². The van der Waals surface area contributed by atoms with Gasteiger partial charge in [0.05, 0.1) is 0 Å². The van der Waals surface area contributed by atoms with Crippen LogP contribution in [0.15, 0.2) is 28.8 Å². The monoisotopic (exact) mass is 357 g/mol. The molecule has 0 N–H and O–H groups in total. The molecule has 0 bridgehead atoms. The van der Waals surface area contributed by atoms with Crippen LogP contribution in [0.5, 0.6) is 5.75 Å². The maximum atomic E-state index is 12.3. The highest BCUT2D eigenvalue weighted by Gasteiger charge is 2.25. The average Bonchev–Trinajstić information content (AvgIpc) is 3.36.